The van der Waals surface area contributed by atoms with Gasteiger partial charge < -0.3 is 19.7 Å². The van der Waals surface area contributed by atoms with E-state index < -0.39 is 6.10 Å². The van der Waals surface area contributed by atoms with Gasteiger partial charge in [0.1, 0.15) is 11.9 Å². The minimum Gasteiger partial charge on any atom is -0.383 e. The number of carbonyl (C=O) groups is 1. The Bertz CT molecular complexity index is 842. The summed E-state index contributed by atoms with van der Waals surface area (Å²) in [6.07, 6.45) is 1.00. The van der Waals surface area contributed by atoms with Crippen molar-refractivity contribution in [3.8, 4) is 0 Å². The quantitative estimate of drug-likeness (QED) is 0.761. The van der Waals surface area contributed by atoms with Crippen LogP contribution in [-0.4, -0.2) is 56.4 Å². The Morgan fingerprint density at radius 1 is 1.24 bits per heavy atom. The molecular formula is C23H27FN2O3. The Morgan fingerprint density at radius 3 is 2.83 bits per heavy atom. The molecule has 0 bridgehead atoms. The zero-order chi connectivity index (χ0) is 20.2. The molecule has 1 fully saturated rings. The van der Waals surface area contributed by atoms with E-state index in [0.29, 0.717) is 26.2 Å². The number of nitrogens with zero attached hydrogens (tertiary/aromatic N) is 1. The number of nitrogens with one attached hydrogen (secondary N) is 1. The first-order valence-electron chi connectivity index (χ1n) is 10.1. The van der Waals surface area contributed by atoms with Gasteiger partial charge in [-0.1, -0.05) is 36.4 Å². The zero-order valence-electron chi connectivity index (χ0n) is 16.6. The SMILES string of the molecule is COCCN[C@H]1CO[C@@H](C(=O)N2CCc3ccccc3[C@@H]2c2ccc(F)cc2)C1. The molecule has 29 heavy (non-hydrogen) atoms. The van der Waals surface area contributed by atoms with Crippen molar-refractivity contribution in [1.82, 2.24) is 10.2 Å². The Hall–Kier alpha value is -2.28. The maximum atomic E-state index is 13.5. The first-order valence-corrected chi connectivity index (χ1v) is 10.1. The molecule has 0 radical (unpaired) electrons. The van der Waals surface area contributed by atoms with Crippen LogP contribution in [0, 0.1) is 5.82 Å². The standard InChI is InChI=1S/C23H27FN2O3/c1-28-13-11-25-19-14-21(29-15-19)23(27)26-12-10-16-4-2-3-5-20(16)22(26)17-6-8-18(24)9-7-17/h2-9,19,21-22,25H,10-15H2,1H3/t19-,21-,22+/m1/s1. The summed E-state index contributed by atoms with van der Waals surface area (Å²) in [6.45, 7) is 2.51. The summed E-state index contributed by atoms with van der Waals surface area (Å²) in [5.41, 5.74) is 3.25. The maximum Gasteiger partial charge on any atom is 0.252 e. The van der Waals surface area contributed by atoms with Crippen molar-refractivity contribution < 1.29 is 18.7 Å². The number of carbonyl (C=O) groups excluding carboxylic acids is 1. The first-order chi connectivity index (χ1) is 14.2. The van der Waals surface area contributed by atoms with Gasteiger partial charge in [-0.05, 0) is 35.2 Å². The normalized spacial score (nSPS) is 23.8. The van der Waals surface area contributed by atoms with E-state index in [2.05, 4.69) is 17.4 Å². The fraction of sp³-hybridized carbons (Fsp3) is 0.435. The van der Waals surface area contributed by atoms with Crippen LogP contribution in [-0.2, 0) is 20.7 Å². The van der Waals surface area contributed by atoms with E-state index in [1.807, 2.05) is 17.0 Å². The number of amides is 1. The summed E-state index contributed by atoms with van der Waals surface area (Å²) in [6, 6.07) is 14.6. The van der Waals surface area contributed by atoms with Crippen LogP contribution in [0.15, 0.2) is 48.5 Å². The highest BCUT2D eigenvalue weighted by Crippen LogP contribution is 2.36. The number of ether oxygens (including phenoxy) is 2. The van der Waals surface area contributed by atoms with Crippen molar-refractivity contribution in [1.29, 1.82) is 0 Å². The molecule has 2 aromatic carbocycles. The van der Waals surface area contributed by atoms with E-state index in [4.69, 9.17) is 9.47 Å². The lowest BCUT2D eigenvalue weighted by Crippen LogP contribution is -2.45. The van der Waals surface area contributed by atoms with Crippen molar-refractivity contribution in [3.05, 3.63) is 71.0 Å². The predicted molar refractivity (Wildman–Crippen MR) is 108 cm³/mol. The number of hydrogen-bond donors (Lipinski definition) is 1. The number of benzene rings is 2. The van der Waals surface area contributed by atoms with Gasteiger partial charge in [-0.3, -0.25) is 4.79 Å². The van der Waals surface area contributed by atoms with E-state index in [0.717, 1.165) is 24.1 Å². The molecule has 4 rings (SSSR count). The minimum atomic E-state index is -0.455. The molecule has 6 heteroatoms. The summed E-state index contributed by atoms with van der Waals surface area (Å²) in [5.74, 6) is -0.273. The summed E-state index contributed by atoms with van der Waals surface area (Å²) in [7, 11) is 1.67. The van der Waals surface area contributed by atoms with Gasteiger partial charge in [0.05, 0.1) is 19.3 Å². The fourth-order valence-electron chi connectivity index (χ4n) is 4.30. The maximum absolute atomic E-state index is 13.5. The highest BCUT2D eigenvalue weighted by Gasteiger charge is 2.39. The molecule has 3 atom stereocenters. The van der Waals surface area contributed by atoms with Crippen LogP contribution in [0.2, 0.25) is 0 Å². The average molecular weight is 398 g/mol. The second kappa shape index (κ2) is 9.03. The van der Waals surface area contributed by atoms with Gasteiger partial charge >= 0.3 is 0 Å². The molecular weight excluding hydrogens is 371 g/mol. The minimum absolute atomic E-state index is 0.00451. The van der Waals surface area contributed by atoms with Crippen LogP contribution < -0.4 is 5.32 Å². The van der Waals surface area contributed by atoms with Crippen LogP contribution >= 0.6 is 0 Å². The summed E-state index contributed by atoms with van der Waals surface area (Å²) >= 11 is 0. The molecule has 0 saturated carbocycles. The molecule has 1 saturated heterocycles. The summed E-state index contributed by atoms with van der Waals surface area (Å²) < 4.78 is 24.4. The molecule has 154 valence electrons. The number of rotatable bonds is 6. The lowest BCUT2D eigenvalue weighted by atomic mass is 9.87. The third-order valence-corrected chi connectivity index (χ3v) is 5.76. The van der Waals surface area contributed by atoms with Gasteiger partial charge in [0.15, 0.2) is 0 Å². The van der Waals surface area contributed by atoms with Crippen LogP contribution in [0.4, 0.5) is 4.39 Å². The smallest absolute Gasteiger partial charge is 0.252 e. The second-order valence-electron chi connectivity index (χ2n) is 7.64. The number of hydrogen-bond acceptors (Lipinski definition) is 4. The second-order valence-corrected chi connectivity index (χ2v) is 7.64. The van der Waals surface area contributed by atoms with Crippen molar-refractivity contribution >= 4 is 5.91 Å². The Balaban J connectivity index is 1.55. The summed E-state index contributed by atoms with van der Waals surface area (Å²) in [5, 5.41) is 3.37. The topological polar surface area (TPSA) is 50.8 Å². The van der Waals surface area contributed by atoms with Crippen molar-refractivity contribution in [2.45, 2.75) is 31.0 Å². The monoisotopic (exact) mass is 398 g/mol. The summed E-state index contributed by atoms with van der Waals surface area (Å²) in [4.78, 5) is 15.3. The molecule has 1 amide bonds. The zero-order valence-corrected chi connectivity index (χ0v) is 16.6. The molecule has 2 aliphatic heterocycles. The van der Waals surface area contributed by atoms with Crippen LogP contribution in [0.5, 0.6) is 0 Å². The van der Waals surface area contributed by atoms with E-state index in [-0.39, 0.29) is 23.8 Å². The highest BCUT2D eigenvalue weighted by molar-refractivity contribution is 5.82. The van der Waals surface area contributed by atoms with Gasteiger partial charge in [-0.25, -0.2) is 4.39 Å². The number of halogens is 1. The van der Waals surface area contributed by atoms with Gasteiger partial charge in [-0.15, -0.1) is 0 Å². The third kappa shape index (κ3) is 4.34. The molecule has 1 N–H and O–H groups in total. The lowest BCUT2D eigenvalue weighted by Gasteiger charge is -2.39. The number of fused-ring (bicyclic) bond motifs is 1. The molecule has 0 unspecified atom stereocenters. The van der Waals surface area contributed by atoms with Crippen molar-refractivity contribution in [2.75, 3.05) is 33.4 Å². The van der Waals surface area contributed by atoms with Crippen molar-refractivity contribution in [2.24, 2.45) is 0 Å². The molecule has 2 heterocycles. The Labute approximate surface area is 170 Å². The van der Waals surface area contributed by atoms with E-state index >= 15 is 0 Å². The highest BCUT2D eigenvalue weighted by atomic mass is 19.1. The van der Waals surface area contributed by atoms with E-state index in [1.165, 1.54) is 17.7 Å². The molecule has 2 aliphatic rings. The lowest BCUT2D eigenvalue weighted by molar-refractivity contribution is -0.143. The average Bonchev–Trinajstić information content (AvgIpc) is 3.22. The third-order valence-electron chi connectivity index (χ3n) is 5.76. The number of methoxy groups -OCH3 is 1. The first kappa shape index (κ1) is 20.0. The molecule has 0 aliphatic carbocycles. The molecule has 0 aromatic heterocycles. The van der Waals surface area contributed by atoms with E-state index in [9.17, 15) is 9.18 Å². The molecule has 2 aromatic rings. The Morgan fingerprint density at radius 2 is 2.03 bits per heavy atom. The Kier molecular flexibility index (Phi) is 6.23. The fourth-order valence-corrected chi connectivity index (χ4v) is 4.30. The van der Waals surface area contributed by atoms with E-state index in [1.54, 1.807) is 19.2 Å². The molecule has 5 nitrogen and oxygen atoms in total. The van der Waals surface area contributed by atoms with Gasteiger partial charge in [0, 0.05) is 32.7 Å². The largest absolute Gasteiger partial charge is 0.383 e. The van der Waals surface area contributed by atoms with Crippen LogP contribution in [0.25, 0.3) is 0 Å². The van der Waals surface area contributed by atoms with Gasteiger partial charge in [-0.2, -0.15) is 0 Å². The van der Waals surface area contributed by atoms with Gasteiger partial charge in [0.2, 0.25) is 0 Å². The van der Waals surface area contributed by atoms with Crippen LogP contribution in [0.1, 0.15) is 29.2 Å². The predicted octanol–water partition coefficient (Wildman–Crippen LogP) is 2.69. The van der Waals surface area contributed by atoms with Crippen molar-refractivity contribution in [3.63, 3.8) is 0 Å². The molecule has 0 spiro atoms. The van der Waals surface area contributed by atoms with Gasteiger partial charge in [0.25, 0.3) is 5.91 Å². The van der Waals surface area contributed by atoms with Crippen LogP contribution in [0.3, 0.4) is 0 Å².